The minimum absolute atomic E-state index is 0.298. The Labute approximate surface area is 118 Å². The lowest BCUT2D eigenvalue weighted by atomic mass is 10.2. The van der Waals surface area contributed by atoms with Crippen molar-refractivity contribution in [2.45, 2.75) is 38.7 Å². The molecule has 1 fully saturated rings. The van der Waals surface area contributed by atoms with E-state index in [9.17, 15) is 0 Å². The second-order valence-electron chi connectivity index (χ2n) is 5.05. The molecule has 2 heterocycles. The van der Waals surface area contributed by atoms with Crippen molar-refractivity contribution in [3.63, 3.8) is 0 Å². The summed E-state index contributed by atoms with van der Waals surface area (Å²) in [6, 6.07) is 6.26. The minimum atomic E-state index is 0.298. The molecule has 0 saturated carbocycles. The SMILES string of the molecule is CCCCc1nc2c(OC3CCNC3)cccc2s1. The van der Waals surface area contributed by atoms with E-state index in [-0.39, 0.29) is 0 Å². The second kappa shape index (κ2) is 5.88. The second-order valence-corrected chi connectivity index (χ2v) is 6.16. The maximum absolute atomic E-state index is 6.09. The third-order valence-electron chi connectivity index (χ3n) is 3.48. The number of rotatable bonds is 5. The Hall–Kier alpha value is -1.13. The molecule has 1 atom stereocenters. The Morgan fingerprint density at radius 2 is 2.42 bits per heavy atom. The standard InChI is InChI=1S/C15H20N2OS/c1-2-3-7-14-17-15-12(5-4-6-13(15)19-14)18-11-8-9-16-10-11/h4-6,11,16H,2-3,7-10H2,1H3. The van der Waals surface area contributed by atoms with Gasteiger partial charge in [0.15, 0.2) is 0 Å². The largest absolute Gasteiger partial charge is 0.487 e. The van der Waals surface area contributed by atoms with Gasteiger partial charge in [0.2, 0.25) is 0 Å². The number of aromatic nitrogens is 1. The van der Waals surface area contributed by atoms with Crippen LogP contribution in [0.2, 0.25) is 0 Å². The zero-order valence-electron chi connectivity index (χ0n) is 11.3. The molecule has 1 aromatic carbocycles. The Bertz CT molecular complexity index is 546. The van der Waals surface area contributed by atoms with E-state index in [1.54, 1.807) is 11.3 Å². The van der Waals surface area contributed by atoms with Gasteiger partial charge < -0.3 is 10.1 Å². The van der Waals surface area contributed by atoms with Crippen LogP contribution in [-0.2, 0) is 6.42 Å². The highest BCUT2D eigenvalue weighted by atomic mass is 32.1. The van der Waals surface area contributed by atoms with Crippen LogP contribution in [0.25, 0.3) is 10.2 Å². The molecular weight excluding hydrogens is 256 g/mol. The normalized spacial score (nSPS) is 19.1. The molecule has 0 radical (unpaired) electrons. The van der Waals surface area contributed by atoms with Gasteiger partial charge in [-0.3, -0.25) is 0 Å². The molecular formula is C15H20N2OS. The van der Waals surface area contributed by atoms with E-state index < -0.39 is 0 Å². The molecule has 1 aliphatic rings. The number of thiazole rings is 1. The van der Waals surface area contributed by atoms with E-state index in [1.807, 2.05) is 6.07 Å². The van der Waals surface area contributed by atoms with Gasteiger partial charge in [0.05, 0.1) is 9.71 Å². The van der Waals surface area contributed by atoms with Crippen LogP contribution in [0.1, 0.15) is 31.2 Å². The molecule has 0 bridgehead atoms. The number of hydrogen-bond acceptors (Lipinski definition) is 4. The summed E-state index contributed by atoms with van der Waals surface area (Å²) in [5.41, 5.74) is 1.05. The van der Waals surface area contributed by atoms with Crippen molar-refractivity contribution in [3.05, 3.63) is 23.2 Å². The summed E-state index contributed by atoms with van der Waals surface area (Å²) in [4.78, 5) is 4.77. The van der Waals surface area contributed by atoms with Crippen LogP contribution < -0.4 is 10.1 Å². The van der Waals surface area contributed by atoms with E-state index in [0.29, 0.717) is 6.10 Å². The number of ether oxygens (including phenoxy) is 1. The lowest BCUT2D eigenvalue weighted by molar-refractivity contribution is 0.225. The third-order valence-corrected chi connectivity index (χ3v) is 4.56. The number of hydrogen-bond donors (Lipinski definition) is 1. The molecule has 0 spiro atoms. The Morgan fingerprint density at radius 3 is 3.21 bits per heavy atom. The van der Waals surface area contributed by atoms with Gasteiger partial charge in [-0.2, -0.15) is 0 Å². The van der Waals surface area contributed by atoms with Crippen molar-refractivity contribution in [1.82, 2.24) is 10.3 Å². The summed E-state index contributed by atoms with van der Waals surface area (Å²) in [7, 11) is 0. The lowest BCUT2D eigenvalue weighted by Crippen LogP contribution is -2.19. The molecule has 2 aromatic rings. The smallest absolute Gasteiger partial charge is 0.146 e. The van der Waals surface area contributed by atoms with Gasteiger partial charge >= 0.3 is 0 Å². The van der Waals surface area contributed by atoms with Crippen LogP contribution in [0.4, 0.5) is 0 Å². The summed E-state index contributed by atoms with van der Waals surface area (Å²) >= 11 is 1.80. The molecule has 0 amide bonds. The number of fused-ring (bicyclic) bond motifs is 1. The number of para-hydroxylation sites is 1. The maximum atomic E-state index is 6.09. The first kappa shape index (κ1) is 12.9. The Morgan fingerprint density at radius 1 is 1.47 bits per heavy atom. The number of nitrogens with one attached hydrogen (secondary N) is 1. The van der Waals surface area contributed by atoms with Gasteiger partial charge in [-0.15, -0.1) is 11.3 Å². The molecule has 1 unspecified atom stereocenters. The Balaban J connectivity index is 1.84. The van der Waals surface area contributed by atoms with Gasteiger partial charge in [-0.05, 0) is 37.9 Å². The lowest BCUT2D eigenvalue weighted by Gasteiger charge is -2.12. The minimum Gasteiger partial charge on any atom is -0.487 e. The van der Waals surface area contributed by atoms with Crippen LogP contribution in [0.3, 0.4) is 0 Å². The van der Waals surface area contributed by atoms with Crippen LogP contribution in [0, 0.1) is 0 Å². The van der Waals surface area contributed by atoms with Gasteiger partial charge in [0.1, 0.15) is 17.4 Å². The number of unbranched alkanes of at least 4 members (excludes halogenated alkanes) is 1. The van der Waals surface area contributed by atoms with E-state index in [1.165, 1.54) is 22.5 Å². The highest BCUT2D eigenvalue weighted by molar-refractivity contribution is 7.18. The predicted molar refractivity (Wildman–Crippen MR) is 80.1 cm³/mol. The summed E-state index contributed by atoms with van der Waals surface area (Å²) < 4.78 is 7.33. The fraction of sp³-hybridized carbons (Fsp3) is 0.533. The van der Waals surface area contributed by atoms with Crippen molar-refractivity contribution < 1.29 is 4.74 Å². The molecule has 3 rings (SSSR count). The molecule has 1 aromatic heterocycles. The monoisotopic (exact) mass is 276 g/mol. The average Bonchev–Trinajstić information content (AvgIpc) is 3.05. The van der Waals surface area contributed by atoms with E-state index >= 15 is 0 Å². The first-order chi connectivity index (χ1) is 9.36. The first-order valence-corrected chi connectivity index (χ1v) is 7.94. The Kier molecular flexibility index (Phi) is 3.99. The summed E-state index contributed by atoms with van der Waals surface area (Å²) in [6.07, 6.45) is 4.89. The van der Waals surface area contributed by atoms with Crippen molar-refractivity contribution in [3.8, 4) is 5.75 Å². The maximum Gasteiger partial charge on any atom is 0.146 e. The van der Waals surface area contributed by atoms with Gasteiger partial charge in [0.25, 0.3) is 0 Å². The molecule has 0 aliphatic carbocycles. The number of nitrogens with zero attached hydrogens (tertiary/aromatic N) is 1. The molecule has 4 heteroatoms. The fourth-order valence-electron chi connectivity index (χ4n) is 2.41. The number of benzene rings is 1. The zero-order valence-corrected chi connectivity index (χ0v) is 12.1. The van der Waals surface area contributed by atoms with Crippen LogP contribution >= 0.6 is 11.3 Å². The molecule has 3 nitrogen and oxygen atoms in total. The van der Waals surface area contributed by atoms with Crippen molar-refractivity contribution in [2.75, 3.05) is 13.1 Å². The van der Waals surface area contributed by atoms with Crippen molar-refractivity contribution in [2.24, 2.45) is 0 Å². The average molecular weight is 276 g/mol. The summed E-state index contributed by atoms with van der Waals surface area (Å²) in [6.45, 7) is 4.22. The zero-order chi connectivity index (χ0) is 13.1. The van der Waals surface area contributed by atoms with Crippen LogP contribution in [0.15, 0.2) is 18.2 Å². The first-order valence-electron chi connectivity index (χ1n) is 7.12. The quantitative estimate of drug-likeness (QED) is 0.909. The number of aryl methyl sites for hydroxylation is 1. The van der Waals surface area contributed by atoms with Gasteiger partial charge in [0, 0.05) is 6.54 Å². The van der Waals surface area contributed by atoms with Gasteiger partial charge in [-0.1, -0.05) is 19.4 Å². The van der Waals surface area contributed by atoms with Crippen LogP contribution in [0.5, 0.6) is 5.75 Å². The predicted octanol–water partition coefficient (Wildman–Crippen LogP) is 3.38. The molecule has 1 aliphatic heterocycles. The molecule has 102 valence electrons. The van der Waals surface area contributed by atoms with Crippen molar-refractivity contribution in [1.29, 1.82) is 0 Å². The third kappa shape index (κ3) is 2.90. The van der Waals surface area contributed by atoms with E-state index in [0.717, 1.165) is 37.2 Å². The molecule has 1 N–H and O–H groups in total. The fourth-order valence-corrected chi connectivity index (χ4v) is 3.43. The van der Waals surface area contributed by atoms with Gasteiger partial charge in [-0.25, -0.2) is 4.98 Å². The van der Waals surface area contributed by atoms with E-state index in [2.05, 4.69) is 24.4 Å². The molecule has 1 saturated heterocycles. The molecule has 19 heavy (non-hydrogen) atoms. The van der Waals surface area contributed by atoms with E-state index in [4.69, 9.17) is 9.72 Å². The van der Waals surface area contributed by atoms with Crippen LogP contribution in [-0.4, -0.2) is 24.2 Å². The highest BCUT2D eigenvalue weighted by Gasteiger charge is 2.18. The topological polar surface area (TPSA) is 34.1 Å². The summed E-state index contributed by atoms with van der Waals surface area (Å²) in [5.74, 6) is 0.949. The highest BCUT2D eigenvalue weighted by Crippen LogP contribution is 2.31. The van der Waals surface area contributed by atoms with Crippen molar-refractivity contribution >= 4 is 21.6 Å². The summed E-state index contributed by atoms with van der Waals surface area (Å²) in [5, 5.41) is 4.56.